The summed E-state index contributed by atoms with van der Waals surface area (Å²) in [6.45, 7) is 4.17. The molecule has 0 fully saturated rings. The Morgan fingerprint density at radius 1 is 1.29 bits per heavy atom. The van der Waals surface area contributed by atoms with Crippen molar-refractivity contribution in [1.82, 2.24) is 10.6 Å². The Morgan fingerprint density at radius 3 is 2.57 bits per heavy atom. The molecule has 1 rings (SSSR count). The number of hydrogen-bond donors (Lipinski definition) is 3. The van der Waals surface area contributed by atoms with Crippen LogP contribution in [0, 0.1) is 18.7 Å². The fraction of sp³-hybridized carbons (Fsp3) is 0.467. The average Bonchev–Trinajstić information content (AvgIpc) is 2.41. The number of benzene rings is 1. The Morgan fingerprint density at radius 2 is 1.95 bits per heavy atom. The van der Waals surface area contributed by atoms with E-state index >= 15 is 0 Å². The average molecular weight is 296 g/mol. The molecule has 0 heterocycles. The van der Waals surface area contributed by atoms with E-state index < -0.39 is 11.9 Å². The highest BCUT2D eigenvalue weighted by Crippen LogP contribution is 2.10. The number of nitrogens with one attached hydrogen (secondary N) is 2. The minimum absolute atomic E-state index is 0.269. The number of carboxylic acid groups (broad SMARTS) is 1. The molecule has 1 unspecified atom stereocenters. The van der Waals surface area contributed by atoms with Gasteiger partial charge in [-0.3, -0.25) is 4.79 Å². The van der Waals surface area contributed by atoms with Gasteiger partial charge in [0.05, 0.1) is 5.92 Å². The lowest BCUT2D eigenvalue weighted by atomic mass is 10.1. The molecule has 2 amide bonds. The maximum absolute atomic E-state index is 12.9. The molecular formula is C15H21FN2O3. The van der Waals surface area contributed by atoms with Gasteiger partial charge in [0.2, 0.25) is 0 Å². The summed E-state index contributed by atoms with van der Waals surface area (Å²) in [7, 11) is 0. The van der Waals surface area contributed by atoms with Crippen molar-refractivity contribution in [1.29, 1.82) is 0 Å². The van der Waals surface area contributed by atoms with E-state index in [-0.39, 0.29) is 11.8 Å². The smallest absolute Gasteiger partial charge is 0.314 e. The number of halogens is 1. The maximum atomic E-state index is 12.9. The summed E-state index contributed by atoms with van der Waals surface area (Å²) >= 11 is 0. The second kappa shape index (κ2) is 8.24. The zero-order valence-corrected chi connectivity index (χ0v) is 12.3. The second-order valence-corrected chi connectivity index (χ2v) is 5.03. The number of urea groups is 1. The van der Waals surface area contributed by atoms with Crippen LogP contribution in [-0.4, -0.2) is 30.2 Å². The van der Waals surface area contributed by atoms with Crippen LogP contribution in [0.2, 0.25) is 0 Å². The number of carbonyl (C=O) groups is 2. The fourth-order valence-electron chi connectivity index (χ4n) is 1.84. The molecule has 0 spiro atoms. The predicted molar refractivity (Wildman–Crippen MR) is 77.7 cm³/mol. The number of carboxylic acids is 1. The van der Waals surface area contributed by atoms with Gasteiger partial charge >= 0.3 is 12.0 Å². The monoisotopic (exact) mass is 296 g/mol. The molecular weight excluding hydrogens is 275 g/mol. The molecule has 3 N–H and O–H groups in total. The molecule has 0 saturated heterocycles. The first-order valence-corrected chi connectivity index (χ1v) is 6.89. The first-order chi connectivity index (χ1) is 9.90. The van der Waals surface area contributed by atoms with Gasteiger partial charge in [-0.2, -0.15) is 0 Å². The molecule has 1 aromatic carbocycles. The number of aliphatic carboxylic acids is 1. The molecule has 1 aromatic rings. The zero-order chi connectivity index (χ0) is 15.8. The molecule has 0 saturated carbocycles. The molecule has 21 heavy (non-hydrogen) atoms. The van der Waals surface area contributed by atoms with Crippen molar-refractivity contribution in [3.63, 3.8) is 0 Å². The van der Waals surface area contributed by atoms with Crippen molar-refractivity contribution in [2.24, 2.45) is 5.92 Å². The van der Waals surface area contributed by atoms with Crippen LogP contribution in [0.5, 0.6) is 0 Å². The summed E-state index contributed by atoms with van der Waals surface area (Å²) in [5, 5.41) is 14.0. The number of amides is 2. The molecule has 0 radical (unpaired) electrons. The number of rotatable bonds is 7. The lowest BCUT2D eigenvalue weighted by Crippen LogP contribution is -2.37. The van der Waals surface area contributed by atoms with Gasteiger partial charge in [0.25, 0.3) is 0 Å². The van der Waals surface area contributed by atoms with Crippen molar-refractivity contribution in [2.45, 2.75) is 26.7 Å². The van der Waals surface area contributed by atoms with Gasteiger partial charge in [0.15, 0.2) is 0 Å². The van der Waals surface area contributed by atoms with Crippen molar-refractivity contribution in [2.75, 3.05) is 13.1 Å². The van der Waals surface area contributed by atoms with Crippen molar-refractivity contribution < 1.29 is 19.1 Å². The summed E-state index contributed by atoms with van der Waals surface area (Å²) in [5.74, 6) is -1.62. The highest BCUT2D eigenvalue weighted by atomic mass is 19.1. The molecule has 1 atom stereocenters. The van der Waals surface area contributed by atoms with E-state index in [9.17, 15) is 14.0 Å². The van der Waals surface area contributed by atoms with Crippen LogP contribution < -0.4 is 10.6 Å². The Bertz CT molecular complexity index is 506. The van der Waals surface area contributed by atoms with Crippen LogP contribution in [0.15, 0.2) is 18.2 Å². The molecule has 5 nitrogen and oxygen atoms in total. The van der Waals surface area contributed by atoms with Crippen LogP contribution in [0.25, 0.3) is 0 Å². The SMILES string of the molecule is Cc1cc(F)ccc1CCNC(=O)NCCC(C)C(=O)O. The third-order valence-corrected chi connectivity index (χ3v) is 3.27. The van der Waals surface area contributed by atoms with E-state index in [0.717, 1.165) is 11.1 Å². The van der Waals surface area contributed by atoms with Crippen molar-refractivity contribution in [3.8, 4) is 0 Å². The summed E-state index contributed by atoms with van der Waals surface area (Å²) in [6.07, 6.45) is 1.00. The Kier molecular flexibility index (Phi) is 6.65. The van der Waals surface area contributed by atoms with Gasteiger partial charge in [-0.1, -0.05) is 13.0 Å². The lowest BCUT2D eigenvalue weighted by Gasteiger charge is -2.10. The Labute approximate surface area is 123 Å². The lowest BCUT2D eigenvalue weighted by molar-refractivity contribution is -0.141. The topological polar surface area (TPSA) is 78.4 Å². The third-order valence-electron chi connectivity index (χ3n) is 3.27. The van der Waals surface area contributed by atoms with E-state index in [1.54, 1.807) is 13.0 Å². The predicted octanol–water partition coefficient (Wildman–Crippen LogP) is 2.09. The van der Waals surface area contributed by atoms with E-state index in [1.807, 2.05) is 6.92 Å². The first kappa shape index (κ1) is 16.9. The van der Waals surface area contributed by atoms with Crippen LogP contribution >= 0.6 is 0 Å². The molecule has 0 bridgehead atoms. The van der Waals surface area contributed by atoms with Crippen LogP contribution in [0.1, 0.15) is 24.5 Å². The normalized spacial score (nSPS) is 11.8. The van der Waals surface area contributed by atoms with Gasteiger partial charge in [0, 0.05) is 13.1 Å². The Balaban J connectivity index is 2.23. The second-order valence-electron chi connectivity index (χ2n) is 5.03. The fourth-order valence-corrected chi connectivity index (χ4v) is 1.84. The van der Waals surface area contributed by atoms with Gasteiger partial charge < -0.3 is 15.7 Å². The van der Waals surface area contributed by atoms with Gasteiger partial charge in [0.1, 0.15) is 5.82 Å². The standard InChI is InChI=1S/C15H21FN2O3/c1-10(14(19)20)5-7-17-15(21)18-8-6-12-3-4-13(16)9-11(12)2/h3-4,9-10H,5-8H2,1-2H3,(H,19,20)(H2,17,18,21). The van der Waals surface area contributed by atoms with E-state index in [4.69, 9.17) is 5.11 Å². The first-order valence-electron chi connectivity index (χ1n) is 6.89. The summed E-state index contributed by atoms with van der Waals surface area (Å²) in [5.41, 5.74) is 1.84. The van der Waals surface area contributed by atoms with Crippen molar-refractivity contribution >= 4 is 12.0 Å². The number of aryl methyl sites for hydroxylation is 1. The molecule has 0 aliphatic rings. The van der Waals surface area contributed by atoms with Gasteiger partial charge in [-0.15, -0.1) is 0 Å². The summed E-state index contributed by atoms with van der Waals surface area (Å²) in [4.78, 5) is 22.1. The quantitative estimate of drug-likeness (QED) is 0.721. The minimum atomic E-state index is -0.871. The highest BCUT2D eigenvalue weighted by Gasteiger charge is 2.10. The van der Waals surface area contributed by atoms with Crippen molar-refractivity contribution in [3.05, 3.63) is 35.1 Å². The third kappa shape index (κ3) is 6.25. The summed E-state index contributed by atoms with van der Waals surface area (Å²) < 4.78 is 12.9. The number of hydrogen-bond acceptors (Lipinski definition) is 2. The zero-order valence-electron chi connectivity index (χ0n) is 12.3. The molecule has 0 aliphatic carbocycles. The maximum Gasteiger partial charge on any atom is 0.314 e. The summed E-state index contributed by atoms with van der Waals surface area (Å²) in [6, 6.07) is 4.24. The molecule has 6 heteroatoms. The highest BCUT2D eigenvalue weighted by molar-refractivity contribution is 5.74. The van der Waals surface area contributed by atoms with E-state index in [1.165, 1.54) is 12.1 Å². The minimum Gasteiger partial charge on any atom is -0.481 e. The Hall–Kier alpha value is -2.11. The van der Waals surface area contributed by atoms with Crippen LogP contribution in [0.3, 0.4) is 0 Å². The molecule has 116 valence electrons. The van der Waals surface area contributed by atoms with Crippen LogP contribution in [-0.2, 0) is 11.2 Å². The van der Waals surface area contributed by atoms with Crippen LogP contribution in [0.4, 0.5) is 9.18 Å². The largest absolute Gasteiger partial charge is 0.481 e. The van der Waals surface area contributed by atoms with E-state index in [2.05, 4.69) is 10.6 Å². The molecule has 0 aliphatic heterocycles. The number of carbonyl (C=O) groups excluding carboxylic acids is 1. The van der Waals surface area contributed by atoms with E-state index in [0.29, 0.717) is 25.9 Å². The molecule has 0 aromatic heterocycles. The van der Waals surface area contributed by atoms with Gasteiger partial charge in [-0.05, 0) is 43.0 Å². The van der Waals surface area contributed by atoms with Gasteiger partial charge in [-0.25, -0.2) is 9.18 Å².